The molecule has 3 rings (SSSR count). The van der Waals surface area contributed by atoms with E-state index in [1.165, 1.54) is 0 Å². The van der Waals surface area contributed by atoms with Crippen LogP contribution in [0.3, 0.4) is 0 Å². The van der Waals surface area contributed by atoms with E-state index in [0.717, 1.165) is 37.1 Å². The molecular weight excluding hydrogens is 266 g/mol. The summed E-state index contributed by atoms with van der Waals surface area (Å²) >= 11 is 0. The van der Waals surface area contributed by atoms with Gasteiger partial charge >= 0.3 is 6.09 Å². The standard InChI is InChI=1S/C17H19NO3/c19-17(21-13-14-7-2-1-3-8-14)18-11-5-4-9-15(18)16-10-6-12-20-16/h1-3,6-8,10,12,15H,4-5,9,11,13H2/t15-/m1/s1. The Kier molecular flexibility index (Phi) is 4.24. The van der Waals surface area contributed by atoms with E-state index in [0.29, 0.717) is 6.61 Å². The number of carbonyl (C=O) groups is 1. The normalized spacial score (nSPS) is 18.5. The van der Waals surface area contributed by atoms with Crippen molar-refractivity contribution in [3.05, 3.63) is 60.1 Å². The lowest BCUT2D eigenvalue weighted by atomic mass is 10.0. The fraction of sp³-hybridized carbons (Fsp3) is 0.353. The second-order valence-electron chi connectivity index (χ2n) is 5.26. The van der Waals surface area contributed by atoms with E-state index in [9.17, 15) is 4.79 Å². The maximum absolute atomic E-state index is 12.3. The average molecular weight is 285 g/mol. The summed E-state index contributed by atoms with van der Waals surface area (Å²) in [5.41, 5.74) is 0.998. The first-order valence-corrected chi connectivity index (χ1v) is 7.35. The molecule has 0 spiro atoms. The second kappa shape index (κ2) is 6.48. The monoisotopic (exact) mass is 285 g/mol. The molecule has 0 unspecified atom stereocenters. The van der Waals surface area contributed by atoms with Crippen molar-refractivity contribution in [1.82, 2.24) is 4.90 Å². The van der Waals surface area contributed by atoms with Gasteiger partial charge in [0.05, 0.1) is 12.3 Å². The zero-order chi connectivity index (χ0) is 14.5. The molecule has 4 nitrogen and oxygen atoms in total. The van der Waals surface area contributed by atoms with E-state index in [1.54, 1.807) is 11.2 Å². The van der Waals surface area contributed by atoms with Crippen LogP contribution in [0, 0.1) is 0 Å². The number of hydrogen-bond donors (Lipinski definition) is 0. The Morgan fingerprint density at radius 1 is 1.19 bits per heavy atom. The van der Waals surface area contributed by atoms with Gasteiger partial charge in [0, 0.05) is 6.54 Å². The lowest BCUT2D eigenvalue weighted by Crippen LogP contribution is -2.38. The molecule has 4 heteroatoms. The van der Waals surface area contributed by atoms with E-state index in [-0.39, 0.29) is 12.1 Å². The number of ether oxygens (including phenoxy) is 1. The molecule has 1 aromatic heterocycles. The number of rotatable bonds is 3. The van der Waals surface area contributed by atoms with Gasteiger partial charge < -0.3 is 9.15 Å². The molecule has 2 aromatic rings. The third-order valence-corrected chi connectivity index (χ3v) is 3.81. The number of amides is 1. The summed E-state index contributed by atoms with van der Waals surface area (Å²) in [6, 6.07) is 13.5. The molecule has 1 atom stereocenters. The van der Waals surface area contributed by atoms with Crippen molar-refractivity contribution >= 4 is 6.09 Å². The fourth-order valence-corrected chi connectivity index (χ4v) is 2.73. The molecule has 21 heavy (non-hydrogen) atoms. The Morgan fingerprint density at radius 3 is 2.81 bits per heavy atom. The molecule has 0 radical (unpaired) electrons. The Hall–Kier alpha value is -2.23. The van der Waals surface area contributed by atoms with Gasteiger partial charge in [-0.15, -0.1) is 0 Å². The molecular formula is C17H19NO3. The minimum atomic E-state index is -0.264. The van der Waals surface area contributed by atoms with Crippen LogP contribution in [0.1, 0.15) is 36.6 Å². The van der Waals surface area contributed by atoms with Crippen molar-refractivity contribution in [3.63, 3.8) is 0 Å². The molecule has 2 heterocycles. The molecule has 1 saturated heterocycles. The van der Waals surface area contributed by atoms with Gasteiger partial charge in [-0.25, -0.2) is 4.79 Å². The Morgan fingerprint density at radius 2 is 2.05 bits per heavy atom. The Labute approximate surface area is 124 Å². The molecule has 1 aliphatic rings. The van der Waals surface area contributed by atoms with Gasteiger partial charge in [-0.3, -0.25) is 4.90 Å². The summed E-state index contributed by atoms with van der Waals surface area (Å²) in [5, 5.41) is 0. The van der Waals surface area contributed by atoms with Crippen LogP contribution < -0.4 is 0 Å². The number of furan rings is 1. The average Bonchev–Trinajstić information content (AvgIpc) is 3.08. The number of piperidine rings is 1. The van der Waals surface area contributed by atoms with Crippen LogP contribution in [0.25, 0.3) is 0 Å². The summed E-state index contributed by atoms with van der Waals surface area (Å²) < 4.78 is 10.9. The van der Waals surface area contributed by atoms with Crippen molar-refractivity contribution < 1.29 is 13.9 Å². The molecule has 1 aliphatic heterocycles. The van der Waals surface area contributed by atoms with Gasteiger partial charge in [-0.05, 0) is 37.0 Å². The van der Waals surface area contributed by atoms with Gasteiger partial charge in [0.25, 0.3) is 0 Å². The summed E-state index contributed by atoms with van der Waals surface area (Å²) in [5.74, 6) is 0.839. The van der Waals surface area contributed by atoms with Crippen LogP contribution in [0.15, 0.2) is 53.1 Å². The van der Waals surface area contributed by atoms with Gasteiger partial charge in [-0.2, -0.15) is 0 Å². The number of benzene rings is 1. The van der Waals surface area contributed by atoms with Gasteiger partial charge in [0.2, 0.25) is 0 Å². The molecule has 0 bridgehead atoms. The molecule has 0 N–H and O–H groups in total. The van der Waals surface area contributed by atoms with Gasteiger partial charge in [0.1, 0.15) is 12.4 Å². The lowest BCUT2D eigenvalue weighted by Gasteiger charge is -2.33. The quantitative estimate of drug-likeness (QED) is 0.851. The molecule has 1 aromatic carbocycles. The topological polar surface area (TPSA) is 42.7 Å². The highest BCUT2D eigenvalue weighted by Gasteiger charge is 2.30. The van der Waals surface area contributed by atoms with Crippen molar-refractivity contribution in [1.29, 1.82) is 0 Å². The van der Waals surface area contributed by atoms with Crippen molar-refractivity contribution in [2.75, 3.05) is 6.54 Å². The number of likely N-dealkylation sites (tertiary alicyclic amines) is 1. The van der Waals surface area contributed by atoms with Crippen LogP contribution in [0.4, 0.5) is 4.79 Å². The summed E-state index contributed by atoms with van der Waals surface area (Å²) in [6.45, 7) is 1.03. The number of hydrogen-bond acceptors (Lipinski definition) is 3. The molecule has 110 valence electrons. The van der Waals surface area contributed by atoms with Crippen LogP contribution in [-0.2, 0) is 11.3 Å². The molecule has 1 fully saturated rings. The predicted molar refractivity (Wildman–Crippen MR) is 78.6 cm³/mol. The van der Waals surface area contributed by atoms with Crippen molar-refractivity contribution in [2.24, 2.45) is 0 Å². The predicted octanol–water partition coefficient (Wildman–Crippen LogP) is 4.14. The molecule has 1 amide bonds. The van der Waals surface area contributed by atoms with Crippen LogP contribution in [0.2, 0.25) is 0 Å². The van der Waals surface area contributed by atoms with Crippen LogP contribution in [0.5, 0.6) is 0 Å². The van der Waals surface area contributed by atoms with Crippen molar-refractivity contribution in [2.45, 2.75) is 31.9 Å². The largest absolute Gasteiger partial charge is 0.467 e. The first kappa shape index (κ1) is 13.7. The van der Waals surface area contributed by atoms with E-state index < -0.39 is 0 Å². The second-order valence-corrected chi connectivity index (χ2v) is 5.26. The summed E-state index contributed by atoms with van der Waals surface area (Å²) in [6.07, 6.45) is 4.43. The maximum Gasteiger partial charge on any atom is 0.410 e. The molecule has 0 saturated carbocycles. The van der Waals surface area contributed by atoms with E-state index in [2.05, 4.69) is 0 Å². The first-order chi connectivity index (χ1) is 10.3. The van der Waals surface area contributed by atoms with E-state index >= 15 is 0 Å². The van der Waals surface area contributed by atoms with Crippen LogP contribution in [-0.4, -0.2) is 17.5 Å². The first-order valence-electron chi connectivity index (χ1n) is 7.35. The van der Waals surface area contributed by atoms with Crippen molar-refractivity contribution in [3.8, 4) is 0 Å². The minimum absolute atomic E-state index is 0.00276. The van der Waals surface area contributed by atoms with Gasteiger partial charge in [0.15, 0.2) is 0 Å². The lowest BCUT2D eigenvalue weighted by molar-refractivity contribution is 0.0624. The third-order valence-electron chi connectivity index (χ3n) is 3.81. The van der Waals surface area contributed by atoms with Crippen LogP contribution >= 0.6 is 0 Å². The zero-order valence-electron chi connectivity index (χ0n) is 11.9. The highest BCUT2D eigenvalue weighted by atomic mass is 16.6. The third kappa shape index (κ3) is 3.27. The van der Waals surface area contributed by atoms with E-state index in [1.807, 2.05) is 42.5 Å². The summed E-state index contributed by atoms with van der Waals surface area (Å²) in [4.78, 5) is 14.1. The highest BCUT2D eigenvalue weighted by Crippen LogP contribution is 2.31. The van der Waals surface area contributed by atoms with E-state index in [4.69, 9.17) is 9.15 Å². The molecule has 0 aliphatic carbocycles. The highest BCUT2D eigenvalue weighted by molar-refractivity contribution is 5.68. The maximum atomic E-state index is 12.3. The SMILES string of the molecule is O=C(OCc1ccccc1)N1CCCC[C@@H]1c1ccco1. The summed E-state index contributed by atoms with van der Waals surface area (Å²) in [7, 11) is 0. The minimum Gasteiger partial charge on any atom is -0.467 e. The Balaban J connectivity index is 1.64. The number of carbonyl (C=O) groups excluding carboxylic acids is 1. The smallest absolute Gasteiger partial charge is 0.410 e. The number of nitrogens with zero attached hydrogens (tertiary/aromatic N) is 1. The zero-order valence-corrected chi connectivity index (χ0v) is 11.9. The van der Waals surface area contributed by atoms with Gasteiger partial charge in [-0.1, -0.05) is 30.3 Å². The Bertz CT molecular complexity index is 565. The fourth-order valence-electron chi connectivity index (χ4n) is 2.73.